The molecule has 1 heterocycles. The van der Waals surface area contributed by atoms with E-state index < -0.39 is 66.2 Å². The zero-order chi connectivity index (χ0) is 25.3. The number of nitrogens with two attached hydrogens (primary N) is 2. The van der Waals surface area contributed by atoms with Gasteiger partial charge in [0.1, 0.15) is 18.1 Å². The Hall–Kier alpha value is -3.22. The van der Waals surface area contributed by atoms with Gasteiger partial charge in [-0.15, -0.1) is 0 Å². The highest BCUT2D eigenvalue weighted by molar-refractivity contribution is 5.94. The number of amides is 4. The van der Waals surface area contributed by atoms with E-state index >= 15 is 0 Å². The Morgan fingerprint density at radius 2 is 1.61 bits per heavy atom. The Morgan fingerprint density at radius 3 is 2.12 bits per heavy atom. The van der Waals surface area contributed by atoms with Gasteiger partial charge in [-0.25, -0.2) is 4.79 Å². The first-order chi connectivity index (χ1) is 15.3. The number of aliphatic carboxylic acids is 2. The molecule has 0 saturated carbocycles. The van der Waals surface area contributed by atoms with Crippen LogP contribution in [-0.2, 0) is 28.8 Å². The molecule has 0 aromatic rings. The molecule has 0 aromatic carbocycles. The van der Waals surface area contributed by atoms with Gasteiger partial charge in [0.05, 0.1) is 6.04 Å². The van der Waals surface area contributed by atoms with Gasteiger partial charge in [-0.05, 0) is 31.6 Å². The van der Waals surface area contributed by atoms with E-state index in [1.807, 2.05) is 0 Å². The van der Waals surface area contributed by atoms with E-state index in [2.05, 4.69) is 10.6 Å². The number of nitrogens with zero attached hydrogens (tertiary/aromatic N) is 1. The molecule has 13 nitrogen and oxygen atoms in total. The summed E-state index contributed by atoms with van der Waals surface area (Å²) >= 11 is 0. The highest BCUT2D eigenvalue weighted by Crippen LogP contribution is 2.20. The van der Waals surface area contributed by atoms with E-state index in [0.717, 1.165) is 0 Å². The third-order valence-electron chi connectivity index (χ3n) is 5.41. The van der Waals surface area contributed by atoms with Crippen LogP contribution in [0.5, 0.6) is 0 Å². The number of carbonyl (C=O) groups is 6. The molecule has 0 bridgehead atoms. The predicted molar refractivity (Wildman–Crippen MR) is 114 cm³/mol. The molecule has 4 unspecified atom stereocenters. The lowest BCUT2D eigenvalue weighted by molar-refractivity contribution is -0.145. The normalized spacial score (nSPS) is 18.3. The molecule has 0 spiro atoms. The van der Waals surface area contributed by atoms with Gasteiger partial charge in [-0.2, -0.15) is 0 Å². The summed E-state index contributed by atoms with van der Waals surface area (Å²) in [6, 6.07) is -4.47. The van der Waals surface area contributed by atoms with Crippen LogP contribution in [0, 0.1) is 5.92 Å². The first-order valence-electron chi connectivity index (χ1n) is 10.7. The van der Waals surface area contributed by atoms with Crippen LogP contribution in [0.2, 0.25) is 0 Å². The molecule has 4 amide bonds. The molecule has 0 aromatic heterocycles. The zero-order valence-corrected chi connectivity index (χ0v) is 18.8. The summed E-state index contributed by atoms with van der Waals surface area (Å²) in [4.78, 5) is 72.9. The molecule has 186 valence electrons. The van der Waals surface area contributed by atoms with Crippen LogP contribution >= 0.6 is 0 Å². The van der Waals surface area contributed by atoms with E-state index in [4.69, 9.17) is 16.6 Å². The Bertz CT molecular complexity index is 772. The average molecular weight is 472 g/mol. The molecular weight excluding hydrogens is 438 g/mol. The summed E-state index contributed by atoms with van der Waals surface area (Å²) in [5.41, 5.74) is 11.0. The number of carboxylic acids is 2. The van der Waals surface area contributed by atoms with Crippen molar-refractivity contribution in [3.63, 3.8) is 0 Å². The second kappa shape index (κ2) is 12.7. The Morgan fingerprint density at radius 1 is 1.00 bits per heavy atom. The van der Waals surface area contributed by atoms with Crippen molar-refractivity contribution in [2.75, 3.05) is 6.54 Å². The van der Waals surface area contributed by atoms with Gasteiger partial charge >= 0.3 is 11.9 Å². The minimum absolute atomic E-state index is 0.0913. The third-order valence-corrected chi connectivity index (χ3v) is 5.41. The standard InChI is InChI=1S/C20H33N5O8/c1-10(2)16(22)18(30)23-11(5-7-14(21)26)19(31)25-9-3-4-13(25)17(29)24-12(20(32)33)6-8-15(27)28/h10-13,16H,3-9,22H2,1-2H3,(H2,21,26)(H,23,30)(H,24,29)(H,27,28)(H,32,33). The molecule has 0 radical (unpaired) electrons. The topological polar surface area (TPSA) is 222 Å². The number of likely N-dealkylation sites (tertiary alicyclic amines) is 1. The number of hydrogen-bond donors (Lipinski definition) is 6. The fraction of sp³-hybridized carbons (Fsp3) is 0.700. The first-order valence-corrected chi connectivity index (χ1v) is 10.7. The Labute approximate surface area is 191 Å². The van der Waals surface area contributed by atoms with E-state index in [-0.39, 0.29) is 38.1 Å². The van der Waals surface area contributed by atoms with Gasteiger partial charge in [-0.3, -0.25) is 24.0 Å². The van der Waals surface area contributed by atoms with Crippen LogP contribution in [-0.4, -0.2) is 81.4 Å². The summed E-state index contributed by atoms with van der Waals surface area (Å²) in [5.74, 6) is -5.43. The largest absolute Gasteiger partial charge is 0.481 e. The van der Waals surface area contributed by atoms with Crippen molar-refractivity contribution in [3.8, 4) is 0 Å². The second-order valence-corrected chi connectivity index (χ2v) is 8.36. The predicted octanol–water partition coefficient (Wildman–Crippen LogP) is -1.85. The van der Waals surface area contributed by atoms with Crippen molar-refractivity contribution in [1.29, 1.82) is 0 Å². The summed E-state index contributed by atoms with van der Waals surface area (Å²) < 4.78 is 0. The molecule has 4 atom stereocenters. The van der Waals surface area contributed by atoms with Gasteiger partial charge in [0.25, 0.3) is 0 Å². The van der Waals surface area contributed by atoms with E-state index in [1.165, 1.54) is 4.90 Å². The minimum atomic E-state index is -1.43. The fourth-order valence-corrected chi connectivity index (χ4v) is 3.41. The maximum atomic E-state index is 13.2. The van der Waals surface area contributed by atoms with Gasteiger partial charge in [-0.1, -0.05) is 13.8 Å². The zero-order valence-electron chi connectivity index (χ0n) is 18.8. The number of carboxylic acid groups (broad SMARTS) is 2. The molecule has 1 aliphatic rings. The Balaban J connectivity index is 2.97. The molecule has 1 fully saturated rings. The molecule has 1 aliphatic heterocycles. The van der Waals surface area contributed by atoms with Crippen LogP contribution in [0.1, 0.15) is 52.4 Å². The smallest absolute Gasteiger partial charge is 0.326 e. The third kappa shape index (κ3) is 8.67. The van der Waals surface area contributed by atoms with E-state index in [0.29, 0.717) is 6.42 Å². The number of nitrogens with one attached hydrogen (secondary N) is 2. The number of carbonyl (C=O) groups excluding carboxylic acids is 4. The van der Waals surface area contributed by atoms with Crippen LogP contribution in [0.25, 0.3) is 0 Å². The summed E-state index contributed by atoms with van der Waals surface area (Å²) in [6.45, 7) is 3.64. The number of primary amides is 1. The van der Waals surface area contributed by atoms with Gasteiger partial charge in [0.2, 0.25) is 23.6 Å². The lowest BCUT2D eigenvalue weighted by Gasteiger charge is -2.30. The second-order valence-electron chi connectivity index (χ2n) is 8.36. The highest BCUT2D eigenvalue weighted by Gasteiger charge is 2.39. The van der Waals surface area contributed by atoms with Crippen LogP contribution in [0.4, 0.5) is 0 Å². The molecule has 0 aliphatic carbocycles. The lowest BCUT2D eigenvalue weighted by Crippen LogP contribution is -2.57. The Kier molecular flexibility index (Phi) is 10.7. The van der Waals surface area contributed by atoms with Crippen molar-refractivity contribution in [2.45, 2.75) is 76.5 Å². The summed E-state index contributed by atoms with van der Waals surface area (Å²) in [5, 5.41) is 22.8. The van der Waals surface area contributed by atoms with E-state index in [9.17, 15) is 33.9 Å². The molecule has 33 heavy (non-hydrogen) atoms. The SMILES string of the molecule is CC(C)C(N)C(=O)NC(CCC(N)=O)C(=O)N1CCCC1C(=O)NC(CCC(=O)O)C(=O)O. The van der Waals surface area contributed by atoms with Gasteiger partial charge in [0, 0.05) is 19.4 Å². The monoisotopic (exact) mass is 471 g/mol. The van der Waals surface area contributed by atoms with Crippen LogP contribution in [0.3, 0.4) is 0 Å². The maximum absolute atomic E-state index is 13.2. The summed E-state index contributed by atoms with van der Waals surface area (Å²) in [7, 11) is 0. The van der Waals surface area contributed by atoms with Crippen LogP contribution < -0.4 is 22.1 Å². The van der Waals surface area contributed by atoms with Gasteiger partial charge in [0.15, 0.2) is 0 Å². The van der Waals surface area contributed by atoms with E-state index in [1.54, 1.807) is 13.8 Å². The summed E-state index contributed by atoms with van der Waals surface area (Å²) in [6.07, 6.45) is -0.340. The van der Waals surface area contributed by atoms with Crippen molar-refractivity contribution in [3.05, 3.63) is 0 Å². The average Bonchev–Trinajstić information content (AvgIpc) is 3.22. The van der Waals surface area contributed by atoms with Crippen molar-refractivity contribution >= 4 is 35.6 Å². The van der Waals surface area contributed by atoms with Crippen molar-refractivity contribution in [1.82, 2.24) is 15.5 Å². The van der Waals surface area contributed by atoms with Crippen molar-refractivity contribution in [2.24, 2.45) is 17.4 Å². The molecule has 8 N–H and O–H groups in total. The number of hydrogen-bond acceptors (Lipinski definition) is 7. The fourth-order valence-electron chi connectivity index (χ4n) is 3.41. The number of rotatable bonds is 13. The first kappa shape index (κ1) is 27.8. The van der Waals surface area contributed by atoms with Crippen molar-refractivity contribution < 1.29 is 39.0 Å². The highest BCUT2D eigenvalue weighted by atomic mass is 16.4. The molecule has 1 rings (SSSR count). The minimum Gasteiger partial charge on any atom is -0.481 e. The van der Waals surface area contributed by atoms with Crippen LogP contribution in [0.15, 0.2) is 0 Å². The maximum Gasteiger partial charge on any atom is 0.326 e. The lowest BCUT2D eigenvalue weighted by atomic mass is 10.0. The molecule has 13 heteroatoms. The molecular formula is C20H33N5O8. The quantitative estimate of drug-likeness (QED) is 0.177. The van der Waals surface area contributed by atoms with Gasteiger partial charge < -0.3 is 37.2 Å². The molecule has 1 saturated heterocycles.